The molecule has 0 fully saturated rings. The Kier molecular flexibility index (Phi) is 5.10. The lowest BCUT2D eigenvalue weighted by molar-refractivity contribution is -0.385. The lowest BCUT2D eigenvalue weighted by Gasteiger charge is -2.15. The van der Waals surface area contributed by atoms with Crippen molar-refractivity contribution >= 4 is 23.2 Å². The topological polar surface area (TPSA) is 108 Å². The Bertz CT molecular complexity index is 667. The van der Waals surface area contributed by atoms with Gasteiger partial charge in [-0.15, -0.1) is 0 Å². The van der Waals surface area contributed by atoms with Crippen molar-refractivity contribution in [3.63, 3.8) is 0 Å². The Morgan fingerprint density at radius 2 is 2.23 bits per heavy atom. The molecule has 1 atom stereocenters. The van der Waals surface area contributed by atoms with Crippen molar-refractivity contribution in [2.75, 3.05) is 6.54 Å². The van der Waals surface area contributed by atoms with Gasteiger partial charge in [0, 0.05) is 12.7 Å². The average Bonchev–Trinajstić information content (AvgIpc) is 3.09. The quantitative estimate of drug-likeness (QED) is 0.611. The Morgan fingerprint density at radius 3 is 2.77 bits per heavy atom. The van der Waals surface area contributed by atoms with Crippen LogP contribution in [0, 0.1) is 10.1 Å². The second kappa shape index (κ2) is 7.03. The molecule has 0 saturated carbocycles. The number of hydrogen-bond acceptors (Lipinski definition) is 5. The van der Waals surface area contributed by atoms with E-state index in [1.165, 1.54) is 17.1 Å². The lowest BCUT2D eigenvalue weighted by Crippen LogP contribution is -2.34. The summed E-state index contributed by atoms with van der Waals surface area (Å²) < 4.78 is 2.92. The van der Waals surface area contributed by atoms with Gasteiger partial charge in [-0.3, -0.25) is 24.3 Å². The average molecular weight is 327 g/mol. The van der Waals surface area contributed by atoms with E-state index in [1.54, 1.807) is 10.9 Å². The maximum absolute atomic E-state index is 12.2. The maximum Gasteiger partial charge on any atom is 0.307 e. The number of nitrogens with one attached hydrogen (secondary N) is 1. The van der Waals surface area contributed by atoms with Crippen LogP contribution in [-0.2, 0) is 11.3 Å². The Hall–Kier alpha value is -2.42. The van der Waals surface area contributed by atoms with Crippen LogP contribution in [-0.4, -0.2) is 36.9 Å². The van der Waals surface area contributed by atoms with Crippen LogP contribution in [0.2, 0.25) is 5.02 Å². The van der Waals surface area contributed by atoms with Crippen LogP contribution in [0.4, 0.5) is 5.69 Å². The second-order valence-corrected chi connectivity index (χ2v) is 5.01. The van der Waals surface area contributed by atoms with E-state index in [2.05, 4.69) is 15.5 Å². The highest BCUT2D eigenvalue weighted by Crippen LogP contribution is 2.15. The summed E-state index contributed by atoms with van der Waals surface area (Å²) >= 11 is 5.75. The molecule has 9 nitrogen and oxygen atoms in total. The van der Waals surface area contributed by atoms with E-state index in [4.69, 9.17) is 11.6 Å². The number of hydrogen-bond donors (Lipinski definition) is 1. The van der Waals surface area contributed by atoms with Crippen molar-refractivity contribution < 1.29 is 9.72 Å². The van der Waals surface area contributed by atoms with Gasteiger partial charge in [0.25, 0.3) is 0 Å². The number of rotatable bonds is 7. The monoisotopic (exact) mass is 326 g/mol. The fourth-order valence-electron chi connectivity index (χ4n) is 1.96. The van der Waals surface area contributed by atoms with Crippen molar-refractivity contribution in [1.29, 1.82) is 0 Å². The number of carbonyl (C=O) groups is 1. The molecule has 1 unspecified atom stereocenters. The number of halogens is 1. The highest BCUT2D eigenvalue weighted by atomic mass is 35.5. The van der Waals surface area contributed by atoms with Crippen LogP contribution in [0.15, 0.2) is 24.8 Å². The van der Waals surface area contributed by atoms with Crippen LogP contribution in [0.3, 0.4) is 0 Å². The van der Waals surface area contributed by atoms with Gasteiger partial charge in [-0.2, -0.15) is 10.2 Å². The van der Waals surface area contributed by atoms with Crippen molar-refractivity contribution in [1.82, 2.24) is 24.9 Å². The molecule has 2 rings (SSSR count). The fraction of sp³-hybridized carbons (Fsp3) is 0.417. The second-order valence-electron chi connectivity index (χ2n) is 4.57. The van der Waals surface area contributed by atoms with Gasteiger partial charge in [-0.1, -0.05) is 18.5 Å². The van der Waals surface area contributed by atoms with Gasteiger partial charge < -0.3 is 5.32 Å². The van der Waals surface area contributed by atoms with Crippen LogP contribution < -0.4 is 5.32 Å². The summed E-state index contributed by atoms with van der Waals surface area (Å²) in [4.78, 5) is 22.3. The SMILES string of the molecule is CCC(C(=O)NCCn1cc(Cl)cn1)n1cc([N+](=O)[O-])cn1. The molecule has 0 aromatic carbocycles. The van der Waals surface area contributed by atoms with Gasteiger partial charge in [0.1, 0.15) is 18.4 Å². The molecule has 118 valence electrons. The fourth-order valence-corrected chi connectivity index (χ4v) is 2.11. The smallest absolute Gasteiger partial charge is 0.307 e. The lowest BCUT2D eigenvalue weighted by atomic mass is 10.2. The third-order valence-electron chi connectivity index (χ3n) is 3.05. The molecule has 0 radical (unpaired) electrons. The number of nitro groups is 1. The molecule has 2 aromatic rings. The van der Waals surface area contributed by atoms with Gasteiger partial charge in [-0.05, 0) is 6.42 Å². The molecule has 2 heterocycles. The van der Waals surface area contributed by atoms with Crippen molar-refractivity contribution in [2.24, 2.45) is 0 Å². The zero-order valence-electron chi connectivity index (χ0n) is 11.8. The van der Waals surface area contributed by atoms with E-state index in [0.29, 0.717) is 24.5 Å². The van der Waals surface area contributed by atoms with Gasteiger partial charge in [0.2, 0.25) is 5.91 Å². The van der Waals surface area contributed by atoms with E-state index in [9.17, 15) is 14.9 Å². The zero-order chi connectivity index (χ0) is 16.1. The Labute approximate surface area is 131 Å². The van der Waals surface area contributed by atoms with Crippen molar-refractivity contribution in [3.05, 3.63) is 39.9 Å². The van der Waals surface area contributed by atoms with Crippen molar-refractivity contribution in [3.8, 4) is 0 Å². The molecule has 10 heteroatoms. The third kappa shape index (κ3) is 3.82. The minimum absolute atomic E-state index is 0.141. The van der Waals surface area contributed by atoms with E-state index in [0.717, 1.165) is 6.20 Å². The van der Waals surface area contributed by atoms with E-state index < -0.39 is 11.0 Å². The zero-order valence-corrected chi connectivity index (χ0v) is 12.6. The van der Waals surface area contributed by atoms with E-state index in [1.807, 2.05) is 6.92 Å². The highest BCUT2D eigenvalue weighted by Gasteiger charge is 2.21. The normalized spacial score (nSPS) is 12.1. The first kappa shape index (κ1) is 16.0. The van der Waals surface area contributed by atoms with Gasteiger partial charge in [0.15, 0.2) is 0 Å². The Morgan fingerprint density at radius 1 is 1.45 bits per heavy atom. The molecule has 1 N–H and O–H groups in total. The first-order valence-electron chi connectivity index (χ1n) is 6.65. The van der Waals surface area contributed by atoms with Crippen LogP contribution >= 0.6 is 11.6 Å². The summed E-state index contributed by atoms with van der Waals surface area (Å²) in [5.41, 5.74) is -0.141. The van der Waals surface area contributed by atoms with Crippen LogP contribution in [0.25, 0.3) is 0 Å². The molecular formula is C12H15ClN6O3. The first-order chi connectivity index (χ1) is 10.5. The molecule has 0 saturated heterocycles. The summed E-state index contributed by atoms with van der Waals surface area (Å²) in [5, 5.41) is 21.8. The molecule has 0 aliphatic heterocycles. The third-order valence-corrected chi connectivity index (χ3v) is 3.24. The molecule has 0 aliphatic rings. The van der Waals surface area contributed by atoms with E-state index in [-0.39, 0.29) is 11.6 Å². The van der Waals surface area contributed by atoms with Gasteiger partial charge in [-0.25, -0.2) is 0 Å². The maximum atomic E-state index is 12.2. The summed E-state index contributed by atoms with van der Waals surface area (Å²) in [7, 11) is 0. The molecular weight excluding hydrogens is 312 g/mol. The summed E-state index contributed by atoms with van der Waals surface area (Å²) in [5.74, 6) is -0.251. The van der Waals surface area contributed by atoms with Crippen molar-refractivity contribution in [2.45, 2.75) is 25.9 Å². The molecule has 1 amide bonds. The first-order valence-corrected chi connectivity index (χ1v) is 7.03. The minimum atomic E-state index is -0.588. The number of aromatic nitrogens is 4. The van der Waals surface area contributed by atoms with Crippen LogP contribution in [0.1, 0.15) is 19.4 Å². The molecule has 0 aliphatic carbocycles. The Balaban J connectivity index is 1.92. The van der Waals surface area contributed by atoms with Gasteiger partial charge >= 0.3 is 5.69 Å². The van der Waals surface area contributed by atoms with Gasteiger partial charge in [0.05, 0.1) is 22.7 Å². The minimum Gasteiger partial charge on any atom is -0.352 e. The number of carbonyl (C=O) groups excluding carboxylic acids is 1. The standard InChI is InChI=1S/C12H15ClN6O3/c1-2-11(18-8-10(6-16-18)19(21)22)12(20)14-3-4-17-7-9(13)5-15-17/h5-8,11H,2-4H2,1H3,(H,14,20). The molecule has 22 heavy (non-hydrogen) atoms. The largest absolute Gasteiger partial charge is 0.352 e. The summed E-state index contributed by atoms with van der Waals surface area (Å²) in [6, 6.07) is -0.588. The predicted octanol–water partition coefficient (Wildman–Crippen LogP) is 1.41. The summed E-state index contributed by atoms with van der Waals surface area (Å²) in [6.45, 7) is 2.66. The molecule has 0 bridgehead atoms. The number of amides is 1. The molecule has 2 aromatic heterocycles. The molecule has 0 spiro atoms. The van der Waals surface area contributed by atoms with E-state index >= 15 is 0 Å². The highest BCUT2D eigenvalue weighted by molar-refractivity contribution is 6.30. The number of nitrogens with zero attached hydrogens (tertiary/aromatic N) is 5. The predicted molar refractivity (Wildman–Crippen MR) is 78.5 cm³/mol. The summed E-state index contributed by atoms with van der Waals surface area (Å²) in [6.07, 6.45) is 6.02. The van der Waals surface area contributed by atoms with Crippen LogP contribution in [0.5, 0.6) is 0 Å².